The standard InChI is InChI=1S/C21H26N4O4/c1-13-9-18(27-3)19(28-4)10-15(13)23-20-11-16-17(12-22-20)24(2)21(26)25(16)14-5-7-29-8-6-14/h9-12,14H,5-8H2,1-4H3,(H,22,23). The van der Waals surface area contributed by atoms with Crippen molar-refractivity contribution in [1.29, 1.82) is 0 Å². The van der Waals surface area contributed by atoms with Gasteiger partial charge in [-0.1, -0.05) is 0 Å². The molecule has 1 aliphatic heterocycles. The summed E-state index contributed by atoms with van der Waals surface area (Å²) in [6, 6.07) is 5.87. The first kappa shape index (κ1) is 19.3. The first-order valence-electron chi connectivity index (χ1n) is 9.68. The number of anilines is 2. The highest BCUT2D eigenvalue weighted by molar-refractivity contribution is 5.79. The molecule has 1 aromatic carbocycles. The summed E-state index contributed by atoms with van der Waals surface area (Å²) in [5.74, 6) is 1.98. The van der Waals surface area contributed by atoms with Crippen LogP contribution in [0.3, 0.4) is 0 Å². The second-order valence-electron chi connectivity index (χ2n) is 7.26. The molecule has 3 aromatic rings. The fraction of sp³-hybridized carbons (Fsp3) is 0.429. The van der Waals surface area contributed by atoms with Crippen LogP contribution in [-0.4, -0.2) is 41.6 Å². The number of nitrogens with zero attached hydrogens (tertiary/aromatic N) is 3. The number of aromatic nitrogens is 3. The zero-order chi connectivity index (χ0) is 20.5. The van der Waals surface area contributed by atoms with Crippen LogP contribution in [0, 0.1) is 6.92 Å². The lowest BCUT2D eigenvalue weighted by molar-refractivity contribution is 0.0696. The summed E-state index contributed by atoms with van der Waals surface area (Å²) in [5, 5.41) is 3.35. The summed E-state index contributed by atoms with van der Waals surface area (Å²) < 4.78 is 19.8. The Hall–Kier alpha value is -3.00. The van der Waals surface area contributed by atoms with E-state index < -0.39 is 0 Å². The Balaban J connectivity index is 1.75. The van der Waals surface area contributed by atoms with Crippen molar-refractivity contribution in [2.24, 2.45) is 7.05 Å². The minimum Gasteiger partial charge on any atom is -0.493 e. The number of imidazole rings is 1. The quantitative estimate of drug-likeness (QED) is 0.711. The summed E-state index contributed by atoms with van der Waals surface area (Å²) in [6.45, 7) is 3.34. The molecule has 1 saturated heterocycles. The molecule has 154 valence electrons. The summed E-state index contributed by atoms with van der Waals surface area (Å²) in [5.41, 5.74) is 3.54. The fourth-order valence-electron chi connectivity index (χ4n) is 3.87. The van der Waals surface area contributed by atoms with E-state index >= 15 is 0 Å². The Kier molecular flexibility index (Phi) is 5.19. The maximum absolute atomic E-state index is 12.9. The van der Waals surface area contributed by atoms with Crippen LogP contribution < -0.4 is 20.5 Å². The maximum atomic E-state index is 12.9. The molecule has 1 aliphatic rings. The van der Waals surface area contributed by atoms with E-state index in [9.17, 15) is 4.79 Å². The van der Waals surface area contributed by atoms with Crippen molar-refractivity contribution in [3.63, 3.8) is 0 Å². The van der Waals surface area contributed by atoms with Gasteiger partial charge in [0.2, 0.25) is 0 Å². The molecule has 0 bridgehead atoms. The molecule has 0 amide bonds. The van der Waals surface area contributed by atoms with E-state index in [4.69, 9.17) is 14.2 Å². The van der Waals surface area contributed by atoms with Crippen LogP contribution in [0.2, 0.25) is 0 Å². The molecule has 0 aliphatic carbocycles. The van der Waals surface area contributed by atoms with Gasteiger partial charge in [0.1, 0.15) is 5.82 Å². The Labute approximate surface area is 169 Å². The molecule has 4 rings (SSSR count). The number of benzene rings is 1. The van der Waals surface area contributed by atoms with E-state index in [-0.39, 0.29) is 11.7 Å². The lowest BCUT2D eigenvalue weighted by Crippen LogP contribution is -2.29. The lowest BCUT2D eigenvalue weighted by atomic mass is 10.1. The van der Waals surface area contributed by atoms with Gasteiger partial charge in [0.15, 0.2) is 11.5 Å². The fourth-order valence-corrected chi connectivity index (χ4v) is 3.87. The normalized spacial score (nSPS) is 14.9. The summed E-state index contributed by atoms with van der Waals surface area (Å²) in [7, 11) is 5.01. The minimum atomic E-state index is -0.0202. The number of hydrogen-bond donors (Lipinski definition) is 1. The highest BCUT2D eigenvalue weighted by Crippen LogP contribution is 2.34. The van der Waals surface area contributed by atoms with Gasteiger partial charge in [-0.05, 0) is 31.4 Å². The van der Waals surface area contributed by atoms with Gasteiger partial charge in [-0.25, -0.2) is 9.78 Å². The van der Waals surface area contributed by atoms with E-state index in [1.165, 1.54) is 0 Å². The van der Waals surface area contributed by atoms with E-state index in [0.29, 0.717) is 30.5 Å². The monoisotopic (exact) mass is 398 g/mol. The van der Waals surface area contributed by atoms with Crippen LogP contribution in [0.15, 0.2) is 29.2 Å². The van der Waals surface area contributed by atoms with Gasteiger partial charge in [0.25, 0.3) is 0 Å². The van der Waals surface area contributed by atoms with Crippen LogP contribution >= 0.6 is 0 Å². The Morgan fingerprint density at radius 2 is 1.79 bits per heavy atom. The van der Waals surface area contributed by atoms with Gasteiger partial charge in [0.05, 0.1) is 31.4 Å². The average molecular weight is 398 g/mol. The average Bonchev–Trinajstić information content (AvgIpc) is 2.99. The predicted octanol–water partition coefficient (Wildman–Crippen LogP) is 3.16. The SMILES string of the molecule is COc1cc(C)c(Nc2cc3c(cn2)n(C)c(=O)n3C2CCOCC2)cc1OC. The number of aryl methyl sites for hydroxylation is 2. The number of pyridine rings is 1. The number of methoxy groups -OCH3 is 2. The third-order valence-corrected chi connectivity index (χ3v) is 5.52. The molecule has 1 N–H and O–H groups in total. The first-order chi connectivity index (χ1) is 14.0. The molecule has 0 spiro atoms. The van der Waals surface area contributed by atoms with Crippen molar-refractivity contribution in [3.8, 4) is 11.5 Å². The summed E-state index contributed by atoms with van der Waals surface area (Å²) >= 11 is 0. The zero-order valence-electron chi connectivity index (χ0n) is 17.2. The highest BCUT2D eigenvalue weighted by Gasteiger charge is 2.22. The van der Waals surface area contributed by atoms with Crippen molar-refractivity contribution in [2.75, 3.05) is 32.8 Å². The molecule has 29 heavy (non-hydrogen) atoms. The third kappa shape index (κ3) is 3.44. The van der Waals surface area contributed by atoms with Crippen LogP contribution in [0.5, 0.6) is 11.5 Å². The number of nitrogens with one attached hydrogen (secondary N) is 1. The Bertz CT molecular complexity index is 1100. The summed E-state index contributed by atoms with van der Waals surface area (Å²) in [6.07, 6.45) is 3.41. The van der Waals surface area contributed by atoms with Crippen molar-refractivity contribution < 1.29 is 14.2 Å². The van der Waals surface area contributed by atoms with Crippen molar-refractivity contribution >= 4 is 22.5 Å². The Morgan fingerprint density at radius 3 is 2.48 bits per heavy atom. The molecule has 0 radical (unpaired) electrons. The van der Waals surface area contributed by atoms with Gasteiger partial charge in [-0.15, -0.1) is 0 Å². The Morgan fingerprint density at radius 1 is 1.10 bits per heavy atom. The van der Waals surface area contributed by atoms with Gasteiger partial charge < -0.3 is 19.5 Å². The minimum absolute atomic E-state index is 0.0202. The first-order valence-corrected chi connectivity index (χ1v) is 9.68. The molecule has 3 heterocycles. The second kappa shape index (κ2) is 7.79. The number of ether oxygens (including phenoxy) is 3. The van der Waals surface area contributed by atoms with Crippen molar-refractivity contribution in [3.05, 3.63) is 40.4 Å². The molecule has 0 saturated carbocycles. The topological polar surface area (TPSA) is 79.5 Å². The lowest BCUT2D eigenvalue weighted by Gasteiger charge is -2.23. The van der Waals surface area contributed by atoms with E-state index in [2.05, 4.69) is 10.3 Å². The van der Waals surface area contributed by atoms with Gasteiger partial charge in [-0.3, -0.25) is 9.13 Å². The molecule has 0 atom stereocenters. The number of rotatable bonds is 5. The van der Waals surface area contributed by atoms with Gasteiger partial charge >= 0.3 is 5.69 Å². The van der Waals surface area contributed by atoms with Crippen LogP contribution in [0.25, 0.3) is 11.0 Å². The van der Waals surface area contributed by atoms with Crippen LogP contribution in [0.1, 0.15) is 24.4 Å². The van der Waals surface area contributed by atoms with E-state index in [1.54, 1.807) is 32.0 Å². The van der Waals surface area contributed by atoms with Crippen molar-refractivity contribution in [2.45, 2.75) is 25.8 Å². The molecule has 8 heteroatoms. The molecule has 1 fully saturated rings. The zero-order valence-corrected chi connectivity index (χ0v) is 17.2. The largest absolute Gasteiger partial charge is 0.493 e. The predicted molar refractivity (Wildman–Crippen MR) is 112 cm³/mol. The van der Waals surface area contributed by atoms with Crippen molar-refractivity contribution in [1.82, 2.24) is 14.1 Å². The van der Waals surface area contributed by atoms with E-state index in [0.717, 1.165) is 35.1 Å². The van der Waals surface area contributed by atoms with Gasteiger partial charge in [0, 0.05) is 44.1 Å². The smallest absolute Gasteiger partial charge is 0.329 e. The molecular weight excluding hydrogens is 372 g/mol. The molecule has 2 aromatic heterocycles. The van der Waals surface area contributed by atoms with Crippen LogP contribution in [-0.2, 0) is 11.8 Å². The number of fused-ring (bicyclic) bond motifs is 1. The highest BCUT2D eigenvalue weighted by atomic mass is 16.5. The maximum Gasteiger partial charge on any atom is 0.329 e. The van der Waals surface area contributed by atoms with E-state index in [1.807, 2.05) is 29.7 Å². The molecule has 8 nitrogen and oxygen atoms in total. The third-order valence-electron chi connectivity index (χ3n) is 5.52. The van der Waals surface area contributed by atoms with Gasteiger partial charge in [-0.2, -0.15) is 0 Å². The van der Waals surface area contributed by atoms with Crippen LogP contribution in [0.4, 0.5) is 11.5 Å². The number of hydrogen-bond acceptors (Lipinski definition) is 6. The molecule has 0 unspecified atom stereocenters. The molecular formula is C21H26N4O4. The second-order valence-corrected chi connectivity index (χ2v) is 7.26. The summed E-state index contributed by atoms with van der Waals surface area (Å²) in [4.78, 5) is 17.4.